The Morgan fingerprint density at radius 2 is 1.70 bits per heavy atom. The van der Waals surface area contributed by atoms with E-state index in [0.717, 1.165) is 44.6 Å². The van der Waals surface area contributed by atoms with Gasteiger partial charge in [0.2, 0.25) is 17.6 Å². The van der Waals surface area contributed by atoms with Crippen LogP contribution in [0.3, 0.4) is 0 Å². The molecule has 0 bridgehead atoms. The summed E-state index contributed by atoms with van der Waals surface area (Å²) in [4.78, 5) is 24.0. The Kier molecular flexibility index (Phi) is 6.71. The third-order valence-corrected chi connectivity index (χ3v) is 6.49. The molecular formula is C22H30ClN5O2. The first-order valence-electron chi connectivity index (χ1n) is 10.8. The normalized spacial score (nSPS) is 23.6. The summed E-state index contributed by atoms with van der Waals surface area (Å²) in [5, 5.41) is 4.77. The molecule has 7 nitrogen and oxygen atoms in total. The molecule has 1 aromatic heterocycles. The van der Waals surface area contributed by atoms with E-state index in [0.29, 0.717) is 41.9 Å². The van der Waals surface area contributed by atoms with Gasteiger partial charge in [0.25, 0.3) is 0 Å². The zero-order chi connectivity index (χ0) is 21.1. The number of piperidine rings is 1. The summed E-state index contributed by atoms with van der Waals surface area (Å²) in [6.45, 7) is 9.02. The molecule has 0 aliphatic carbocycles. The highest BCUT2D eigenvalue weighted by Gasteiger charge is 2.30. The predicted octanol–water partition coefficient (Wildman–Crippen LogP) is 3.30. The Balaban J connectivity index is 1.26. The van der Waals surface area contributed by atoms with Crippen LogP contribution in [0.4, 0.5) is 0 Å². The standard InChI is InChI=1S/C22H30ClN5O2/c1-16-4-3-5-17(2)28(16)21(29)15-27-12-10-26(11-13-27)14-20-24-22(25-30-20)18-6-8-19(23)9-7-18/h6-9,16-17H,3-5,10-15H2,1-2H3. The molecule has 30 heavy (non-hydrogen) atoms. The zero-order valence-electron chi connectivity index (χ0n) is 17.8. The van der Waals surface area contributed by atoms with Crippen molar-refractivity contribution >= 4 is 17.5 Å². The lowest BCUT2D eigenvalue weighted by molar-refractivity contribution is -0.139. The first-order valence-corrected chi connectivity index (χ1v) is 11.2. The van der Waals surface area contributed by atoms with Crippen LogP contribution >= 0.6 is 11.6 Å². The second-order valence-electron chi connectivity index (χ2n) is 8.50. The van der Waals surface area contributed by atoms with Gasteiger partial charge in [0.1, 0.15) is 0 Å². The Morgan fingerprint density at radius 1 is 1.07 bits per heavy atom. The number of aromatic nitrogens is 2. The van der Waals surface area contributed by atoms with E-state index in [9.17, 15) is 4.79 Å². The number of likely N-dealkylation sites (tertiary alicyclic amines) is 1. The molecule has 2 aromatic rings. The van der Waals surface area contributed by atoms with Crippen LogP contribution in [-0.4, -0.2) is 75.6 Å². The molecule has 0 spiro atoms. The van der Waals surface area contributed by atoms with Gasteiger partial charge in [0, 0.05) is 48.8 Å². The average Bonchev–Trinajstić information content (AvgIpc) is 3.18. The Morgan fingerprint density at radius 3 is 2.37 bits per heavy atom. The summed E-state index contributed by atoms with van der Waals surface area (Å²) in [7, 11) is 0. The van der Waals surface area contributed by atoms with E-state index in [1.165, 1.54) is 6.42 Å². The van der Waals surface area contributed by atoms with Crippen molar-refractivity contribution in [3.8, 4) is 11.4 Å². The second kappa shape index (κ2) is 9.45. The quantitative estimate of drug-likeness (QED) is 0.723. The third-order valence-electron chi connectivity index (χ3n) is 6.23. The zero-order valence-corrected chi connectivity index (χ0v) is 18.5. The number of hydrogen-bond donors (Lipinski definition) is 0. The number of amides is 1. The van der Waals surface area contributed by atoms with Gasteiger partial charge in [-0.3, -0.25) is 14.6 Å². The highest BCUT2D eigenvalue weighted by atomic mass is 35.5. The Hall–Kier alpha value is -1.96. The van der Waals surface area contributed by atoms with Crippen LogP contribution < -0.4 is 0 Å². The molecule has 162 valence electrons. The van der Waals surface area contributed by atoms with Crippen molar-refractivity contribution in [3.63, 3.8) is 0 Å². The van der Waals surface area contributed by atoms with Crippen molar-refractivity contribution < 1.29 is 9.32 Å². The molecule has 2 aliphatic heterocycles. The largest absolute Gasteiger partial charge is 0.338 e. The minimum Gasteiger partial charge on any atom is -0.338 e. The summed E-state index contributed by atoms with van der Waals surface area (Å²) in [5.74, 6) is 1.46. The fraction of sp³-hybridized carbons (Fsp3) is 0.591. The summed E-state index contributed by atoms with van der Waals surface area (Å²) in [5.41, 5.74) is 0.888. The van der Waals surface area contributed by atoms with Crippen LogP contribution in [0, 0.1) is 0 Å². The Labute approximate surface area is 183 Å². The van der Waals surface area contributed by atoms with Crippen molar-refractivity contribution in [2.75, 3.05) is 32.7 Å². The van der Waals surface area contributed by atoms with E-state index in [1.54, 1.807) is 0 Å². The molecular weight excluding hydrogens is 402 g/mol. The maximum Gasteiger partial charge on any atom is 0.241 e. The summed E-state index contributed by atoms with van der Waals surface area (Å²) in [6.07, 6.45) is 3.46. The SMILES string of the molecule is CC1CCCC(C)N1C(=O)CN1CCN(Cc2nc(-c3ccc(Cl)cc3)no2)CC1. The minimum atomic E-state index is 0.271. The molecule has 8 heteroatoms. The number of hydrogen-bond acceptors (Lipinski definition) is 6. The maximum atomic E-state index is 12.8. The molecule has 2 unspecified atom stereocenters. The molecule has 2 aliphatic rings. The van der Waals surface area contributed by atoms with Crippen LogP contribution in [0.15, 0.2) is 28.8 Å². The number of carbonyl (C=O) groups excluding carboxylic acids is 1. The first-order chi connectivity index (χ1) is 14.5. The van der Waals surface area contributed by atoms with E-state index in [2.05, 4.69) is 38.7 Å². The Bertz CT molecular complexity index is 837. The fourth-order valence-electron chi connectivity index (χ4n) is 4.52. The monoisotopic (exact) mass is 431 g/mol. The van der Waals surface area contributed by atoms with Gasteiger partial charge in [-0.1, -0.05) is 16.8 Å². The number of halogens is 1. The lowest BCUT2D eigenvalue weighted by atomic mass is 9.97. The van der Waals surface area contributed by atoms with Crippen LogP contribution in [0.1, 0.15) is 39.0 Å². The molecule has 0 N–H and O–H groups in total. The molecule has 2 atom stereocenters. The molecule has 0 radical (unpaired) electrons. The lowest BCUT2D eigenvalue weighted by Crippen LogP contribution is -2.54. The van der Waals surface area contributed by atoms with Gasteiger partial charge in [-0.25, -0.2) is 0 Å². The topological polar surface area (TPSA) is 65.7 Å². The van der Waals surface area contributed by atoms with Gasteiger partial charge < -0.3 is 9.42 Å². The molecule has 2 fully saturated rings. The van der Waals surface area contributed by atoms with Crippen LogP contribution in [0.2, 0.25) is 5.02 Å². The third kappa shape index (κ3) is 5.02. The summed E-state index contributed by atoms with van der Waals surface area (Å²) in [6, 6.07) is 8.12. The second-order valence-corrected chi connectivity index (χ2v) is 8.94. The van der Waals surface area contributed by atoms with Crippen molar-refractivity contribution in [1.29, 1.82) is 0 Å². The number of rotatable bonds is 5. The predicted molar refractivity (Wildman–Crippen MR) is 116 cm³/mol. The molecule has 3 heterocycles. The molecule has 2 saturated heterocycles. The molecule has 1 aromatic carbocycles. The van der Waals surface area contributed by atoms with Gasteiger partial charge in [-0.2, -0.15) is 4.98 Å². The minimum absolute atomic E-state index is 0.271. The van der Waals surface area contributed by atoms with Gasteiger partial charge in [-0.15, -0.1) is 0 Å². The summed E-state index contributed by atoms with van der Waals surface area (Å²) >= 11 is 5.94. The van der Waals surface area contributed by atoms with Gasteiger partial charge >= 0.3 is 0 Å². The maximum absolute atomic E-state index is 12.8. The number of piperazine rings is 1. The van der Waals surface area contributed by atoms with Gasteiger partial charge in [0.15, 0.2) is 0 Å². The number of benzene rings is 1. The molecule has 1 amide bonds. The first kappa shape index (κ1) is 21.3. The smallest absolute Gasteiger partial charge is 0.241 e. The highest BCUT2D eigenvalue weighted by molar-refractivity contribution is 6.30. The van der Waals surface area contributed by atoms with Crippen LogP contribution in [-0.2, 0) is 11.3 Å². The summed E-state index contributed by atoms with van der Waals surface area (Å²) < 4.78 is 5.44. The number of carbonyl (C=O) groups is 1. The highest BCUT2D eigenvalue weighted by Crippen LogP contribution is 2.23. The van der Waals surface area contributed by atoms with Crippen LogP contribution in [0.5, 0.6) is 0 Å². The van der Waals surface area contributed by atoms with Crippen LogP contribution in [0.25, 0.3) is 11.4 Å². The number of nitrogens with zero attached hydrogens (tertiary/aromatic N) is 5. The van der Waals surface area contributed by atoms with Gasteiger partial charge in [0.05, 0.1) is 13.1 Å². The van der Waals surface area contributed by atoms with Crippen molar-refractivity contribution in [2.24, 2.45) is 0 Å². The fourth-order valence-corrected chi connectivity index (χ4v) is 4.64. The van der Waals surface area contributed by atoms with E-state index in [4.69, 9.17) is 16.1 Å². The van der Waals surface area contributed by atoms with Gasteiger partial charge in [-0.05, 0) is 57.4 Å². The van der Waals surface area contributed by atoms with E-state index in [-0.39, 0.29) is 5.91 Å². The average molecular weight is 432 g/mol. The molecule has 0 saturated carbocycles. The van der Waals surface area contributed by atoms with Crippen molar-refractivity contribution in [1.82, 2.24) is 24.8 Å². The van der Waals surface area contributed by atoms with E-state index < -0.39 is 0 Å². The van der Waals surface area contributed by atoms with E-state index >= 15 is 0 Å². The van der Waals surface area contributed by atoms with Crippen molar-refractivity contribution in [2.45, 2.75) is 51.7 Å². The van der Waals surface area contributed by atoms with Crippen molar-refractivity contribution in [3.05, 3.63) is 35.2 Å². The molecule has 4 rings (SSSR count). The van der Waals surface area contributed by atoms with E-state index in [1.807, 2.05) is 24.3 Å². The lowest BCUT2D eigenvalue weighted by Gasteiger charge is -2.41.